The maximum atomic E-state index is 9.15. The van der Waals surface area contributed by atoms with Gasteiger partial charge in [0.05, 0.1) is 25.9 Å². The number of nitrogens with zero attached hydrogens (tertiary/aromatic N) is 1. The lowest BCUT2D eigenvalue weighted by atomic mass is 9.82. The minimum absolute atomic E-state index is 0.0672. The monoisotopic (exact) mass is 357 g/mol. The van der Waals surface area contributed by atoms with E-state index in [1.54, 1.807) is 14.2 Å². The van der Waals surface area contributed by atoms with Crippen LogP contribution in [0.3, 0.4) is 0 Å². The molecular weight excluding hydrogens is 334 g/mol. The van der Waals surface area contributed by atoms with Crippen LogP contribution < -0.4 is 9.47 Å². The number of benzene rings is 3. The molecule has 0 unspecified atom stereocenters. The molecule has 27 heavy (non-hydrogen) atoms. The fraction of sp³-hybridized carbons (Fsp3) is 0.208. The quantitative estimate of drug-likeness (QED) is 0.576. The van der Waals surface area contributed by atoms with E-state index in [1.807, 2.05) is 48.5 Å². The molecule has 0 heterocycles. The number of hydrogen-bond donors (Lipinski definition) is 0. The van der Waals surface area contributed by atoms with Gasteiger partial charge in [-0.05, 0) is 43.7 Å². The first-order valence-corrected chi connectivity index (χ1v) is 8.86. The highest BCUT2D eigenvalue weighted by atomic mass is 16.5. The summed E-state index contributed by atoms with van der Waals surface area (Å²) in [6.45, 7) is 4.15. The zero-order valence-electron chi connectivity index (χ0n) is 16.1. The van der Waals surface area contributed by atoms with Crippen LogP contribution in [0.15, 0.2) is 60.7 Å². The number of rotatable bonds is 5. The summed E-state index contributed by atoms with van der Waals surface area (Å²) < 4.78 is 11.4. The second-order valence-electron chi connectivity index (χ2n) is 6.66. The van der Waals surface area contributed by atoms with Gasteiger partial charge in [0.1, 0.15) is 11.5 Å². The molecular formula is C24H23NO2. The van der Waals surface area contributed by atoms with Gasteiger partial charge in [-0.2, -0.15) is 5.26 Å². The van der Waals surface area contributed by atoms with Gasteiger partial charge in [-0.3, -0.25) is 0 Å². The molecule has 3 aromatic carbocycles. The van der Waals surface area contributed by atoms with Crippen LogP contribution in [0.25, 0.3) is 0 Å². The molecule has 0 spiro atoms. The highest BCUT2D eigenvalue weighted by Gasteiger charge is 2.24. The van der Waals surface area contributed by atoms with Gasteiger partial charge in [0.25, 0.3) is 0 Å². The molecule has 0 aliphatic rings. The smallest absolute Gasteiger partial charge is 0.123 e. The van der Waals surface area contributed by atoms with Gasteiger partial charge in [-0.15, -0.1) is 0 Å². The summed E-state index contributed by atoms with van der Waals surface area (Å²) in [5.74, 6) is 1.60. The van der Waals surface area contributed by atoms with Gasteiger partial charge in [-0.1, -0.05) is 47.5 Å². The van der Waals surface area contributed by atoms with E-state index in [1.165, 1.54) is 0 Å². The average Bonchev–Trinajstić information content (AvgIpc) is 2.69. The van der Waals surface area contributed by atoms with Gasteiger partial charge >= 0.3 is 0 Å². The van der Waals surface area contributed by atoms with Crippen LogP contribution in [0.1, 0.15) is 39.3 Å². The van der Waals surface area contributed by atoms with Crippen LogP contribution in [0, 0.1) is 25.2 Å². The summed E-state index contributed by atoms with van der Waals surface area (Å²) in [5.41, 5.74) is 6.20. The number of nitriles is 1. The first-order chi connectivity index (χ1) is 13.1. The number of hydrogen-bond acceptors (Lipinski definition) is 3. The summed E-state index contributed by atoms with van der Waals surface area (Å²) in [5, 5.41) is 9.15. The van der Waals surface area contributed by atoms with Crippen molar-refractivity contribution in [2.24, 2.45) is 0 Å². The summed E-state index contributed by atoms with van der Waals surface area (Å²) in [6.07, 6.45) is 0. The minimum atomic E-state index is -0.0672. The Labute approximate surface area is 160 Å². The van der Waals surface area contributed by atoms with Gasteiger partial charge in [0.2, 0.25) is 0 Å². The third kappa shape index (κ3) is 3.80. The van der Waals surface area contributed by atoms with Crippen molar-refractivity contribution in [1.82, 2.24) is 0 Å². The van der Waals surface area contributed by atoms with Crippen molar-refractivity contribution in [3.05, 3.63) is 94.0 Å². The van der Waals surface area contributed by atoms with E-state index in [2.05, 4.69) is 32.0 Å². The van der Waals surface area contributed by atoms with Crippen LogP contribution in [0.4, 0.5) is 0 Å². The molecule has 0 aliphatic carbocycles. The highest BCUT2D eigenvalue weighted by Crippen LogP contribution is 2.41. The van der Waals surface area contributed by atoms with E-state index >= 15 is 0 Å². The molecule has 3 rings (SSSR count). The van der Waals surface area contributed by atoms with E-state index in [0.29, 0.717) is 5.56 Å². The Morgan fingerprint density at radius 1 is 0.741 bits per heavy atom. The fourth-order valence-corrected chi connectivity index (χ4v) is 3.44. The number of aryl methyl sites for hydroxylation is 2. The molecule has 0 saturated carbocycles. The van der Waals surface area contributed by atoms with Gasteiger partial charge in [-0.25, -0.2) is 0 Å². The van der Waals surface area contributed by atoms with Crippen molar-refractivity contribution in [1.29, 1.82) is 5.26 Å². The molecule has 0 N–H and O–H groups in total. The third-order valence-electron chi connectivity index (χ3n) is 4.77. The standard InChI is InChI=1S/C24H23NO2/c1-16-5-11-22(26-3)20(13-16)24(19-9-7-18(15-25)8-10-19)21-14-17(2)6-12-23(21)27-4/h5-14,24H,1-4H3. The predicted octanol–water partition coefficient (Wildman–Crippen LogP) is 5.37. The molecule has 3 nitrogen and oxygen atoms in total. The molecule has 0 fully saturated rings. The molecule has 0 aliphatic heterocycles. The first kappa shape index (κ1) is 18.5. The molecule has 0 bridgehead atoms. The lowest BCUT2D eigenvalue weighted by molar-refractivity contribution is 0.402. The maximum absolute atomic E-state index is 9.15. The molecule has 0 radical (unpaired) electrons. The predicted molar refractivity (Wildman–Crippen MR) is 108 cm³/mol. The van der Waals surface area contributed by atoms with E-state index in [-0.39, 0.29) is 5.92 Å². The zero-order chi connectivity index (χ0) is 19.4. The van der Waals surface area contributed by atoms with Crippen LogP contribution in [0.5, 0.6) is 11.5 Å². The van der Waals surface area contributed by atoms with Crippen LogP contribution in [0.2, 0.25) is 0 Å². The number of ether oxygens (including phenoxy) is 2. The van der Waals surface area contributed by atoms with Gasteiger partial charge in [0.15, 0.2) is 0 Å². The fourth-order valence-electron chi connectivity index (χ4n) is 3.44. The molecule has 3 aromatic rings. The molecule has 3 heteroatoms. The Bertz CT molecular complexity index is 931. The lowest BCUT2D eigenvalue weighted by Gasteiger charge is -2.24. The van der Waals surface area contributed by atoms with E-state index in [9.17, 15) is 0 Å². The van der Waals surface area contributed by atoms with Crippen molar-refractivity contribution in [3.63, 3.8) is 0 Å². The largest absolute Gasteiger partial charge is 0.496 e. The molecule has 136 valence electrons. The van der Waals surface area contributed by atoms with E-state index < -0.39 is 0 Å². The van der Waals surface area contributed by atoms with E-state index in [4.69, 9.17) is 14.7 Å². The highest BCUT2D eigenvalue weighted by molar-refractivity contribution is 5.55. The molecule has 0 aromatic heterocycles. The maximum Gasteiger partial charge on any atom is 0.123 e. The molecule has 0 saturated heterocycles. The Morgan fingerprint density at radius 2 is 1.22 bits per heavy atom. The Hall–Kier alpha value is -3.25. The summed E-state index contributed by atoms with van der Waals surface area (Å²) in [6, 6.07) is 22.3. The average molecular weight is 357 g/mol. The van der Waals surface area contributed by atoms with Crippen LogP contribution in [-0.4, -0.2) is 14.2 Å². The van der Waals surface area contributed by atoms with Crippen molar-refractivity contribution in [2.75, 3.05) is 14.2 Å². The third-order valence-corrected chi connectivity index (χ3v) is 4.77. The number of methoxy groups -OCH3 is 2. The van der Waals surface area contributed by atoms with Crippen LogP contribution in [-0.2, 0) is 0 Å². The SMILES string of the molecule is COc1ccc(C)cc1C(c1ccc(C#N)cc1)c1cc(C)ccc1OC. The molecule has 0 amide bonds. The van der Waals surface area contributed by atoms with Crippen molar-refractivity contribution >= 4 is 0 Å². The van der Waals surface area contributed by atoms with Gasteiger partial charge in [0, 0.05) is 17.0 Å². The van der Waals surface area contributed by atoms with Crippen molar-refractivity contribution in [3.8, 4) is 17.6 Å². The summed E-state index contributed by atoms with van der Waals surface area (Å²) >= 11 is 0. The Morgan fingerprint density at radius 3 is 1.63 bits per heavy atom. The minimum Gasteiger partial charge on any atom is -0.496 e. The van der Waals surface area contributed by atoms with E-state index in [0.717, 1.165) is 39.3 Å². The molecule has 0 atom stereocenters. The second-order valence-corrected chi connectivity index (χ2v) is 6.66. The Kier molecular flexibility index (Phi) is 5.47. The zero-order valence-corrected chi connectivity index (χ0v) is 16.1. The summed E-state index contributed by atoms with van der Waals surface area (Å²) in [4.78, 5) is 0. The van der Waals surface area contributed by atoms with Crippen molar-refractivity contribution < 1.29 is 9.47 Å². The second kappa shape index (κ2) is 7.97. The van der Waals surface area contributed by atoms with Crippen LogP contribution >= 0.6 is 0 Å². The Balaban J connectivity index is 2.29. The van der Waals surface area contributed by atoms with Gasteiger partial charge < -0.3 is 9.47 Å². The summed E-state index contributed by atoms with van der Waals surface area (Å²) in [7, 11) is 3.38. The lowest BCUT2D eigenvalue weighted by Crippen LogP contribution is -2.08. The first-order valence-electron chi connectivity index (χ1n) is 8.86. The topological polar surface area (TPSA) is 42.2 Å². The van der Waals surface area contributed by atoms with Crippen molar-refractivity contribution in [2.45, 2.75) is 19.8 Å². The normalized spacial score (nSPS) is 10.5.